The standard InChI is InChI=1S/C24H16ClN3O/c25-19-7-5-8-20(13-19)28-15-18(23-10-3-4-11-27-23)12-22(24(28)16-29)21-9-2-1-6-17(21)14-26/h1-13,15-16,24H. The second-order valence-electron chi connectivity index (χ2n) is 6.52. The van der Waals surface area contributed by atoms with Crippen LogP contribution in [0.4, 0.5) is 5.69 Å². The number of benzene rings is 2. The summed E-state index contributed by atoms with van der Waals surface area (Å²) in [6, 6.07) is 21.9. The van der Waals surface area contributed by atoms with Crippen molar-refractivity contribution in [3.05, 3.63) is 107 Å². The average Bonchev–Trinajstić information content (AvgIpc) is 2.78. The third kappa shape index (κ3) is 3.69. The molecule has 1 atom stereocenters. The minimum atomic E-state index is -0.601. The Labute approximate surface area is 174 Å². The molecule has 0 radical (unpaired) electrons. The van der Waals surface area contributed by atoms with E-state index in [4.69, 9.17) is 11.6 Å². The van der Waals surface area contributed by atoms with Gasteiger partial charge in [-0.05, 0) is 53.6 Å². The molecule has 4 nitrogen and oxygen atoms in total. The number of aldehydes is 1. The summed E-state index contributed by atoms with van der Waals surface area (Å²) in [5, 5.41) is 10.2. The summed E-state index contributed by atoms with van der Waals surface area (Å²) in [6.45, 7) is 0. The van der Waals surface area contributed by atoms with Crippen LogP contribution in [0, 0.1) is 11.3 Å². The molecule has 2 aromatic carbocycles. The summed E-state index contributed by atoms with van der Waals surface area (Å²) in [4.78, 5) is 18.5. The molecule has 140 valence electrons. The SMILES string of the molecule is N#Cc1ccccc1C1=CC(c2ccccn2)=CN(c2cccc(Cl)c2)C1C=O. The first-order chi connectivity index (χ1) is 14.2. The summed E-state index contributed by atoms with van der Waals surface area (Å²) in [6.07, 6.45) is 6.43. The fourth-order valence-corrected chi connectivity index (χ4v) is 3.61. The van der Waals surface area contributed by atoms with E-state index in [1.54, 1.807) is 18.3 Å². The zero-order valence-electron chi connectivity index (χ0n) is 15.4. The maximum atomic E-state index is 12.2. The average molecular weight is 398 g/mol. The first-order valence-electron chi connectivity index (χ1n) is 9.05. The zero-order valence-corrected chi connectivity index (χ0v) is 16.1. The van der Waals surface area contributed by atoms with Crippen LogP contribution < -0.4 is 4.90 Å². The third-order valence-electron chi connectivity index (χ3n) is 4.76. The number of nitrogens with zero attached hydrogens (tertiary/aromatic N) is 3. The summed E-state index contributed by atoms with van der Waals surface area (Å²) in [5.41, 5.74) is 4.37. The van der Waals surface area contributed by atoms with E-state index in [9.17, 15) is 10.1 Å². The van der Waals surface area contributed by atoms with Crippen LogP contribution in [0.1, 0.15) is 16.8 Å². The van der Waals surface area contributed by atoms with Gasteiger partial charge < -0.3 is 9.69 Å². The smallest absolute Gasteiger partial charge is 0.147 e. The minimum Gasteiger partial charge on any atom is -0.333 e. The number of halogens is 1. The minimum absolute atomic E-state index is 0.513. The summed E-state index contributed by atoms with van der Waals surface area (Å²) in [7, 11) is 0. The van der Waals surface area contributed by atoms with Crippen molar-refractivity contribution < 1.29 is 4.79 Å². The summed E-state index contributed by atoms with van der Waals surface area (Å²) in [5.74, 6) is 0. The highest BCUT2D eigenvalue weighted by Gasteiger charge is 2.28. The van der Waals surface area contributed by atoms with Crippen LogP contribution in [0.25, 0.3) is 11.1 Å². The molecule has 0 aliphatic carbocycles. The van der Waals surface area contributed by atoms with E-state index < -0.39 is 6.04 Å². The number of carbonyl (C=O) groups is 1. The number of anilines is 1. The van der Waals surface area contributed by atoms with E-state index in [0.717, 1.165) is 34.4 Å². The first-order valence-corrected chi connectivity index (χ1v) is 9.42. The maximum Gasteiger partial charge on any atom is 0.147 e. The number of pyridine rings is 1. The highest BCUT2D eigenvalue weighted by Crippen LogP contribution is 2.36. The number of carbonyl (C=O) groups excluding carboxylic acids is 1. The number of rotatable bonds is 4. The predicted octanol–water partition coefficient (Wildman–Crippen LogP) is 5.12. The molecule has 0 bridgehead atoms. The molecular weight excluding hydrogens is 382 g/mol. The normalized spacial score (nSPS) is 15.9. The van der Waals surface area contributed by atoms with Crippen molar-refractivity contribution >= 4 is 34.7 Å². The molecule has 0 fully saturated rings. The molecule has 29 heavy (non-hydrogen) atoms. The lowest BCUT2D eigenvalue weighted by Gasteiger charge is -2.33. The Morgan fingerprint density at radius 1 is 1.07 bits per heavy atom. The van der Waals surface area contributed by atoms with Gasteiger partial charge in [0.05, 0.1) is 17.3 Å². The van der Waals surface area contributed by atoms with E-state index in [1.165, 1.54) is 0 Å². The van der Waals surface area contributed by atoms with Crippen LogP contribution in [0.3, 0.4) is 0 Å². The molecule has 2 heterocycles. The van der Waals surface area contributed by atoms with Crippen molar-refractivity contribution in [1.29, 1.82) is 5.26 Å². The molecule has 0 spiro atoms. The Balaban J connectivity index is 1.93. The monoisotopic (exact) mass is 397 g/mol. The van der Waals surface area contributed by atoms with Crippen LogP contribution in [0.5, 0.6) is 0 Å². The maximum absolute atomic E-state index is 12.2. The van der Waals surface area contributed by atoms with Crippen molar-refractivity contribution in [2.75, 3.05) is 4.90 Å². The molecule has 5 heteroatoms. The number of hydrogen-bond acceptors (Lipinski definition) is 4. The van der Waals surface area contributed by atoms with Crippen molar-refractivity contribution in [3.63, 3.8) is 0 Å². The fraction of sp³-hybridized carbons (Fsp3) is 0.0417. The van der Waals surface area contributed by atoms with Gasteiger partial charge in [0.2, 0.25) is 0 Å². The van der Waals surface area contributed by atoms with Crippen LogP contribution in [-0.2, 0) is 4.79 Å². The highest BCUT2D eigenvalue weighted by atomic mass is 35.5. The van der Waals surface area contributed by atoms with E-state index in [1.807, 2.05) is 71.8 Å². The topological polar surface area (TPSA) is 57.0 Å². The van der Waals surface area contributed by atoms with Crippen LogP contribution in [0.2, 0.25) is 5.02 Å². The quantitative estimate of drug-likeness (QED) is 0.573. The molecule has 1 unspecified atom stereocenters. The van der Waals surface area contributed by atoms with Gasteiger partial charge in [0, 0.05) is 28.7 Å². The van der Waals surface area contributed by atoms with Gasteiger partial charge in [-0.1, -0.05) is 41.9 Å². The Morgan fingerprint density at radius 3 is 2.62 bits per heavy atom. The molecule has 0 N–H and O–H groups in total. The van der Waals surface area contributed by atoms with Gasteiger partial charge in [-0.3, -0.25) is 4.98 Å². The zero-order chi connectivity index (χ0) is 20.2. The summed E-state index contributed by atoms with van der Waals surface area (Å²) < 4.78 is 0. The van der Waals surface area contributed by atoms with Crippen molar-refractivity contribution in [2.45, 2.75) is 6.04 Å². The van der Waals surface area contributed by atoms with Crippen LogP contribution in [-0.4, -0.2) is 17.3 Å². The van der Waals surface area contributed by atoms with E-state index in [-0.39, 0.29) is 0 Å². The van der Waals surface area contributed by atoms with Crippen molar-refractivity contribution in [3.8, 4) is 6.07 Å². The first kappa shape index (κ1) is 18.7. The molecule has 3 aromatic rings. The number of nitriles is 1. The molecule has 1 aliphatic heterocycles. The van der Waals surface area contributed by atoms with Crippen LogP contribution >= 0.6 is 11.6 Å². The lowest BCUT2D eigenvalue weighted by molar-refractivity contribution is -0.107. The predicted molar refractivity (Wildman–Crippen MR) is 115 cm³/mol. The lowest BCUT2D eigenvalue weighted by atomic mass is 9.89. The van der Waals surface area contributed by atoms with E-state index >= 15 is 0 Å². The molecule has 0 saturated carbocycles. The van der Waals surface area contributed by atoms with Gasteiger partial charge in [0.1, 0.15) is 12.3 Å². The Hall–Kier alpha value is -3.68. The number of hydrogen-bond donors (Lipinski definition) is 0. The highest BCUT2D eigenvalue weighted by molar-refractivity contribution is 6.30. The van der Waals surface area contributed by atoms with Gasteiger partial charge in [0.25, 0.3) is 0 Å². The van der Waals surface area contributed by atoms with E-state index in [2.05, 4.69) is 11.1 Å². The van der Waals surface area contributed by atoms with Crippen molar-refractivity contribution in [1.82, 2.24) is 4.98 Å². The molecule has 1 aliphatic rings. The van der Waals surface area contributed by atoms with E-state index in [0.29, 0.717) is 10.6 Å². The second-order valence-corrected chi connectivity index (χ2v) is 6.96. The van der Waals surface area contributed by atoms with Gasteiger partial charge in [0.15, 0.2) is 0 Å². The van der Waals surface area contributed by atoms with Gasteiger partial charge >= 0.3 is 0 Å². The number of allylic oxidation sites excluding steroid dienone is 2. The molecular formula is C24H16ClN3O. The molecule has 4 rings (SSSR count). The van der Waals surface area contributed by atoms with Gasteiger partial charge in [-0.15, -0.1) is 0 Å². The third-order valence-corrected chi connectivity index (χ3v) is 5.00. The van der Waals surface area contributed by atoms with Gasteiger partial charge in [-0.25, -0.2) is 0 Å². The molecule has 0 saturated heterocycles. The number of aromatic nitrogens is 1. The van der Waals surface area contributed by atoms with Crippen LogP contribution in [0.15, 0.2) is 85.2 Å². The molecule has 0 amide bonds. The van der Waals surface area contributed by atoms with Crippen molar-refractivity contribution in [2.24, 2.45) is 0 Å². The van der Waals surface area contributed by atoms with Gasteiger partial charge in [-0.2, -0.15) is 5.26 Å². The summed E-state index contributed by atoms with van der Waals surface area (Å²) >= 11 is 6.20. The largest absolute Gasteiger partial charge is 0.333 e. The fourth-order valence-electron chi connectivity index (χ4n) is 3.42. The Bertz CT molecular complexity index is 1160. The lowest BCUT2D eigenvalue weighted by Crippen LogP contribution is -2.35. The Morgan fingerprint density at radius 2 is 1.90 bits per heavy atom. The molecule has 1 aromatic heterocycles. The second kappa shape index (κ2) is 8.14. The Kier molecular flexibility index (Phi) is 5.24.